The molecule has 0 aliphatic carbocycles. The van der Waals surface area contributed by atoms with Crippen LogP contribution in [0.1, 0.15) is 135 Å². The first-order valence-corrected chi connectivity index (χ1v) is 37.9. The summed E-state index contributed by atoms with van der Waals surface area (Å²) in [5.41, 5.74) is 43.0. The van der Waals surface area contributed by atoms with E-state index in [9.17, 15) is 63.0 Å². The Morgan fingerprint density at radius 2 is 1.10 bits per heavy atom. The molecule has 29 N–H and O–H groups in total. The number of carbonyl (C=O) groups excluding carboxylic acids is 11. The smallest absolute Gasteiger partial charge is 0.394 e. The van der Waals surface area contributed by atoms with E-state index in [2.05, 4.69) is 82.3 Å². The molecule has 13 atom stereocenters. The Hall–Kier alpha value is -9.72. The summed E-state index contributed by atoms with van der Waals surface area (Å²) in [7, 11) is 0.0371. The average Bonchev–Trinajstić information content (AvgIpc) is 0.960. The molecular formula is C70H118N20O20S. The van der Waals surface area contributed by atoms with Crippen LogP contribution in [-0.4, -0.2) is 236 Å². The molecule has 0 spiro atoms. The molecule has 0 saturated carbocycles. The van der Waals surface area contributed by atoms with Gasteiger partial charge < -0.3 is 123 Å². The molecule has 1 fully saturated rings. The van der Waals surface area contributed by atoms with Crippen molar-refractivity contribution in [3.05, 3.63) is 65.4 Å². The highest BCUT2D eigenvalue weighted by atomic mass is 32.3. The Morgan fingerprint density at radius 1 is 0.604 bits per heavy atom. The molecule has 1 aliphatic rings. The summed E-state index contributed by atoms with van der Waals surface area (Å²) in [5, 5.41) is 49.7. The normalized spacial score (nSPS) is 20.0. The van der Waals surface area contributed by atoms with Gasteiger partial charge in [0.2, 0.25) is 76.7 Å². The number of benzene rings is 2. The molecule has 2 heterocycles. The summed E-state index contributed by atoms with van der Waals surface area (Å²) in [6.45, 7) is 9.00. The molecular weight excluding hydrogens is 1470 g/mol. The van der Waals surface area contributed by atoms with E-state index in [1.807, 2.05) is 12.1 Å². The number of nitrogens with zero attached hydrogens (tertiary/aromatic N) is 2. The summed E-state index contributed by atoms with van der Waals surface area (Å²) in [6, 6.07) is -2.52. The van der Waals surface area contributed by atoms with E-state index in [-0.39, 0.29) is 96.0 Å². The van der Waals surface area contributed by atoms with Crippen molar-refractivity contribution >= 4 is 87.1 Å². The lowest BCUT2D eigenvalue weighted by Gasteiger charge is -2.29. The second-order valence-corrected chi connectivity index (χ2v) is 27.7. The number of anilines is 2. The van der Waals surface area contributed by atoms with Crippen molar-refractivity contribution in [2.75, 3.05) is 72.1 Å². The minimum Gasteiger partial charge on any atom is -0.493 e. The van der Waals surface area contributed by atoms with Crippen LogP contribution >= 0.6 is 0 Å². The van der Waals surface area contributed by atoms with Gasteiger partial charge in [-0.1, -0.05) is 77.3 Å². The fourth-order valence-corrected chi connectivity index (χ4v) is 11.1. The fraction of sp³-hybridized carbons (Fsp3) is 0.614. The summed E-state index contributed by atoms with van der Waals surface area (Å²) in [5.74, 6) is -7.23. The first-order chi connectivity index (χ1) is 52.4. The van der Waals surface area contributed by atoms with Crippen LogP contribution in [0.5, 0.6) is 17.2 Å². The lowest BCUT2D eigenvalue weighted by Crippen LogP contribution is -2.62. The van der Waals surface area contributed by atoms with Gasteiger partial charge in [0.15, 0.2) is 11.5 Å². The number of amides is 11. The molecule has 624 valence electrons. The van der Waals surface area contributed by atoms with Crippen LogP contribution in [-0.2, 0) is 76.0 Å². The first-order valence-electron chi connectivity index (χ1n) is 36.5. The maximum atomic E-state index is 14.5. The Labute approximate surface area is 646 Å². The number of nitrogens with two attached hydrogens (primary N) is 7. The molecule has 41 heteroatoms. The van der Waals surface area contributed by atoms with E-state index in [0.29, 0.717) is 47.4 Å². The second kappa shape index (κ2) is 51.0. The lowest BCUT2D eigenvalue weighted by atomic mass is 10.00. The predicted octanol–water partition coefficient (Wildman–Crippen LogP) is -4.64. The maximum Gasteiger partial charge on any atom is 0.394 e. The Bertz CT molecular complexity index is 3550. The van der Waals surface area contributed by atoms with E-state index in [4.69, 9.17) is 71.9 Å². The van der Waals surface area contributed by atoms with E-state index in [0.717, 1.165) is 30.4 Å². The van der Waals surface area contributed by atoms with E-state index in [1.165, 1.54) is 13.8 Å². The van der Waals surface area contributed by atoms with Crippen molar-refractivity contribution in [3.63, 3.8) is 0 Å². The molecule has 3 aromatic rings. The van der Waals surface area contributed by atoms with E-state index >= 15 is 0 Å². The zero-order chi connectivity index (χ0) is 83.7. The van der Waals surface area contributed by atoms with Crippen molar-refractivity contribution in [1.82, 2.24) is 68.5 Å². The van der Waals surface area contributed by atoms with Gasteiger partial charge in [-0.25, -0.2) is 4.98 Å². The summed E-state index contributed by atoms with van der Waals surface area (Å²) in [4.78, 5) is 162. The molecule has 4 rings (SSSR count). The largest absolute Gasteiger partial charge is 0.493 e. The van der Waals surface area contributed by atoms with Crippen LogP contribution in [0.2, 0.25) is 0 Å². The van der Waals surface area contributed by atoms with E-state index < -0.39 is 161 Å². The van der Waals surface area contributed by atoms with Crippen molar-refractivity contribution < 1.29 is 94.7 Å². The highest BCUT2D eigenvalue weighted by Gasteiger charge is 2.38. The number of unbranched alkanes of at least 4 members (excludes halogenated alkanes) is 1. The highest BCUT2D eigenvalue weighted by molar-refractivity contribution is 7.79. The molecule has 11 amide bonds. The average molecular weight is 1590 g/mol. The van der Waals surface area contributed by atoms with Crippen molar-refractivity contribution in [3.8, 4) is 17.2 Å². The molecule has 1 aromatic heterocycles. The molecule has 0 bridgehead atoms. The number of aliphatic hydroxyl groups excluding tert-OH is 2. The lowest BCUT2D eigenvalue weighted by molar-refractivity contribution is -0.137. The number of hydrogen-bond donors (Lipinski definition) is 22. The molecule has 0 radical (unpaired) electrons. The number of nitrogen functional groups attached to an aromatic ring is 2. The zero-order valence-corrected chi connectivity index (χ0v) is 65.3. The van der Waals surface area contributed by atoms with Gasteiger partial charge in [0, 0.05) is 37.6 Å². The fourth-order valence-electron chi connectivity index (χ4n) is 11.1. The highest BCUT2D eigenvalue weighted by Crippen LogP contribution is 2.39. The number of rotatable bonds is 34. The van der Waals surface area contributed by atoms with Gasteiger partial charge in [0.25, 0.3) is 0 Å². The van der Waals surface area contributed by atoms with Gasteiger partial charge in [-0.2, -0.15) is 13.4 Å². The molecule has 111 heavy (non-hydrogen) atoms. The van der Waals surface area contributed by atoms with Crippen LogP contribution in [0.3, 0.4) is 0 Å². The molecule has 2 aromatic carbocycles. The number of aromatic nitrogens is 2. The molecule has 40 nitrogen and oxygen atoms in total. The Morgan fingerprint density at radius 3 is 1.58 bits per heavy atom. The Kier molecular flexibility index (Phi) is 44.7. The van der Waals surface area contributed by atoms with Crippen LogP contribution in [0.25, 0.3) is 0 Å². The number of methoxy groups -OCH3 is 3. The number of hydrogen-bond acceptors (Lipinski definition) is 27. The zero-order valence-electron chi connectivity index (χ0n) is 64.5. The van der Waals surface area contributed by atoms with Crippen LogP contribution in [0, 0.1) is 11.8 Å². The van der Waals surface area contributed by atoms with Crippen molar-refractivity contribution in [2.24, 2.45) is 40.5 Å². The number of aliphatic hydroxyl groups is 2. The minimum absolute atomic E-state index is 0.0173. The van der Waals surface area contributed by atoms with Gasteiger partial charge in [-0.05, 0) is 133 Å². The topological polar surface area (TPSA) is 671 Å². The second-order valence-electron chi connectivity index (χ2n) is 26.8. The van der Waals surface area contributed by atoms with Crippen LogP contribution in [0.15, 0.2) is 48.7 Å². The Balaban J connectivity index is 0.00000134. The van der Waals surface area contributed by atoms with Crippen molar-refractivity contribution in [1.29, 1.82) is 0 Å². The standard InChI is InChI=1S/C56H98N16O13.C14H18N4O3.H2O4S/c1-7-32(4)13-11-12-16-44(75)63-36(17-23-57)51(80)72-46(34(6)74)56(85)68-39(20-26-60)48(77)67-41-22-28-62-55(84)45(33(5)73)71-52(81)40(21-27-61)65-47(76)37(18-24-58)66-53(82)42(29-31(2)3)69-54(83)43(30-35-14-9-8-10-15-35)70-49(78)38(19-25-59)64-50(41)79;1-19-10-5-8(6-11(20-2)12(10)21-3)4-9-7-17-14(16)18-13(9)15;1-5(2,3)4/h8-10,14-15,31-34,36-43,45-46,73-74H,7,11-13,16-30,57-61H2,1-6H3,(H,62,84)(H,63,75)(H,64,79)(H,65,76)(H,66,82)(H,67,77)(H,68,85)(H,69,83)(H,70,78)(H,71,81)(H,72,80);5-7H,4H2,1-3H3,(H4,15,16,17,18);(H2,1,2,3,4)/t32?,33-,34?,36+,37+,38+,39+,40+,41+,42+,43-,45+,46+;;/m1../s1. The number of carbonyl (C=O) groups is 11. The summed E-state index contributed by atoms with van der Waals surface area (Å²) >= 11 is 0. The molecule has 1 saturated heterocycles. The summed E-state index contributed by atoms with van der Waals surface area (Å²) in [6.07, 6.45) is 1.09. The quantitative estimate of drug-likeness (QED) is 0.0197. The molecule has 1 aliphatic heterocycles. The van der Waals surface area contributed by atoms with E-state index in [1.54, 1.807) is 71.7 Å². The molecule has 2 unspecified atom stereocenters. The monoisotopic (exact) mass is 1590 g/mol. The third kappa shape index (κ3) is 36.3. The number of ether oxygens (including phenoxy) is 3. The first kappa shape index (κ1) is 97.4. The third-order valence-corrected chi connectivity index (χ3v) is 17.3. The minimum atomic E-state index is -4.67. The summed E-state index contributed by atoms with van der Waals surface area (Å²) < 4.78 is 47.5. The third-order valence-electron chi connectivity index (χ3n) is 17.3. The van der Waals surface area contributed by atoms with Gasteiger partial charge in [-0.15, -0.1) is 0 Å². The number of nitrogens with one attached hydrogen (secondary N) is 11. The van der Waals surface area contributed by atoms with Crippen LogP contribution < -0.4 is 113 Å². The maximum absolute atomic E-state index is 14.5. The van der Waals surface area contributed by atoms with Gasteiger partial charge in [0.1, 0.15) is 66.2 Å². The SMILES string of the molecule is CCC(C)CCCCC(=O)N[C@@H](CCN)C(=O)N[C@H](C(=O)N[C@@H](CCN)C(=O)N[C@H]1CCNC(=O)[C@H]([C@@H](C)O)NC(=O)[C@H](CCN)NC(=O)[C@H](CCN)NC(=O)[C@H](CC(C)C)NC(=O)[C@@H](Cc2ccccc2)NC(=O)[C@H](CCN)NC1=O)C(C)O.COc1cc(Cc2cnc(N)nc2N)cc(OC)c1OC.O=S(=O)(O)O. The van der Waals surface area contributed by atoms with Crippen LogP contribution in [0.4, 0.5) is 11.8 Å². The van der Waals surface area contributed by atoms with Crippen molar-refractivity contribution in [2.45, 2.75) is 204 Å². The van der Waals surface area contributed by atoms with Gasteiger partial charge in [-0.3, -0.25) is 61.8 Å². The van der Waals surface area contributed by atoms with Gasteiger partial charge in [0.05, 0.1) is 33.5 Å². The predicted molar refractivity (Wildman–Crippen MR) is 410 cm³/mol. The van der Waals surface area contributed by atoms with Gasteiger partial charge >= 0.3 is 10.4 Å².